The Labute approximate surface area is 234 Å². The molecular formula is C34H47N3O2. The molecule has 3 heterocycles. The average molecular weight is 530 g/mol. The Hall–Kier alpha value is -2.79. The van der Waals surface area contributed by atoms with Crippen molar-refractivity contribution in [1.82, 2.24) is 9.47 Å². The van der Waals surface area contributed by atoms with E-state index in [0.717, 1.165) is 37.6 Å². The molecule has 0 amide bonds. The number of para-hydroxylation sites is 1. The van der Waals surface area contributed by atoms with Crippen LogP contribution in [0, 0.1) is 5.92 Å². The lowest BCUT2D eigenvalue weighted by molar-refractivity contribution is 0.0697. The molecule has 0 bridgehead atoms. The van der Waals surface area contributed by atoms with Gasteiger partial charge in [0.05, 0.1) is 11.3 Å². The van der Waals surface area contributed by atoms with Crippen molar-refractivity contribution in [2.24, 2.45) is 5.92 Å². The van der Waals surface area contributed by atoms with Gasteiger partial charge in [-0.15, -0.1) is 0 Å². The number of anilines is 1. The molecule has 2 aliphatic heterocycles. The molecule has 0 radical (unpaired) electrons. The molecule has 2 fully saturated rings. The van der Waals surface area contributed by atoms with E-state index in [1.165, 1.54) is 98.8 Å². The summed E-state index contributed by atoms with van der Waals surface area (Å²) in [6.07, 6.45) is 11.7. The van der Waals surface area contributed by atoms with Crippen molar-refractivity contribution in [3.05, 3.63) is 53.6 Å². The fourth-order valence-electron chi connectivity index (χ4n) is 7.53. The Kier molecular flexibility index (Phi) is 8.66. The van der Waals surface area contributed by atoms with Crippen LogP contribution < -0.4 is 4.90 Å². The van der Waals surface area contributed by atoms with Gasteiger partial charge in [-0.05, 0) is 74.4 Å². The van der Waals surface area contributed by atoms with Crippen LogP contribution in [-0.2, 0) is 6.54 Å². The third kappa shape index (κ3) is 5.48. The predicted octanol–water partition coefficient (Wildman–Crippen LogP) is 8.02. The molecule has 1 N–H and O–H groups in total. The highest BCUT2D eigenvalue weighted by atomic mass is 16.4. The van der Waals surface area contributed by atoms with Gasteiger partial charge in [0.2, 0.25) is 0 Å². The first-order valence-corrected chi connectivity index (χ1v) is 15.1. The molecule has 1 aromatic heterocycles. The van der Waals surface area contributed by atoms with Crippen molar-refractivity contribution in [2.75, 3.05) is 37.6 Å². The van der Waals surface area contributed by atoms with Crippen LogP contribution in [0.4, 0.5) is 5.69 Å². The van der Waals surface area contributed by atoms with Crippen LogP contribution >= 0.6 is 0 Å². The number of piperidine rings is 1. The minimum absolute atomic E-state index is 0. The number of carboxylic acid groups (broad SMARTS) is 1. The minimum Gasteiger partial charge on any atom is -0.478 e. The highest BCUT2D eigenvalue weighted by Gasteiger charge is 2.30. The molecule has 2 aromatic carbocycles. The number of aromatic nitrogens is 1. The van der Waals surface area contributed by atoms with Gasteiger partial charge in [-0.2, -0.15) is 0 Å². The van der Waals surface area contributed by atoms with E-state index in [4.69, 9.17) is 0 Å². The van der Waals surface area contributed by atoms with Crippen LogP contribution in [-0.4, -0.2) is 53.3 Å². The molecule has 1 aliphatic carbocycles. The highest BCUT2D eigenvalue weighted by molar-refractivity contribution is 5.99. The topological polar surface area (TPSA) is 48.7 Å². The summed E-state index contributed by atoms with van der Waals surface area (Å²) in [5, 5.41) is 11.0. The van der Waals surface area contributed by atoms with Gasteiger partial charge in [0.1, 0.15) is 0 Å². The minimum atomic E-state index is -0.847. The van der Waals surface area contributed by atoms with E-state index in [1.54, 1.807) is 6.07 Å². The van der Waals surface area contributed by atoms with Crippen LogP contribution in [0.5, 0.6) is 0 Å². The van der Waals surface area contributed by atoms with E-state index in [-0.39, 0.29) is 7.43 Å². The summed E-state index contributed by atoms with van der Waals surface area (Å²) < 4.78 is 2.46. The summed E-state index contributed by atoms with van der Waals surface area (Å²) in [6.45, 7) is 8.75. The monoisotopic (exact) mass is 529 g/mol. The zero-order chi connectivity index (χ0) is 26.1. The summed E-state index contributed by atoms with van der Waals surface area (Å²) in [7, 11) is 0. The SMILES string of the molecule is C.CCCC1CCN(CCN2CCn3c(c(C4CCCCC4)c4ccc(C(=O)O)cc43)-c3ccccc32)CC1. The van der Waals surface area contributed by atoms with Crippen molar-refractivity contribution in [2.45, 2.75) is 84.6 Å². The summed E-state index contributed by atoms with van der Waals surface area (Å²) in [4.78, 5) is 17.2. The van der Waals surface area contributed by atoms with E-state index in [9.17, 15) is 9.90 Å². The summed E-state index contributed by atoms with van der Waals surface area (Å²) >= 11 is 0. The first-order chi connectivity index (χ1) is 18.6. The quantitative estimate of drug-likeness (QED) is 0.337. The molecule has 6 rings (SSSR count). The molecule has 5 nitrogen and oxygen atoms in total. The predicted molar refractivity (Wildman–Crippen MR) is 163 cm³/mol. The number of fused-ring (bicyclic) bond motifs is 5. The van der Waals surface area contributed by atoms with Crippen LogP contribution in [0.15, 0.2) is 42.5 Å². The lowest BCUT2D eigenvalue weighted by Gasteiger charge is -2.34. The molecular weight excluding hydrogens is 482 g/mol. The molecule has 1 saturated heterocycles. The summed E-state index contributed by atoms with van der Waals surface area (Å²) in [6, 6.07) is 14.8. The van der Waals surface area contributed by atoms with Crippen molar-refractivity contribution in [3.8, 4) is 11.3 Å². The van der Waals surface area contributed by atoms with Gasteiger partial charge >= 0.3 is 5.97 Å². The van der Waals surface area contributed by atoms with Gasteiger partial charge < -0.3 is 19.5 Å². The van der Waals surface area contributed by atoms with E-state index in [0.29, 0.717) is 11.5 Å². The lowest BCUT2D eigenvalue weighted by atomic mass is 9.81. The maximum Gasteiger partial charge on any atom is 0.335 e. The fourth-order valence-corrected chi connectivity index (χ4v) is 7.53. The molecule has 5 heteroatoms. The van der Waals surface area contributed by atoms with E-state index < -0.39 is 5.97 Å². The molecule has 3 aliphatic rings. The number of rotatable bonds is 7. The second kappa shape index (κ2) is 12.2. The van der Waals surface area contributed by atoms with Gasteiger partial charge in [-0.25, -0.2) is 4.79 Å². The van der Waals surface area contributed by atoms with Crippen LogP contribution in [0.1, 0.15) is 94.0 Å². The summed E-state index contributed by atoms with van der Waals surface area (Å²) in [5.41, 5.74) is 6.94. The number of nitrogens with zero attached hydrogens (tertiary/aromatic N) is 3. The number of benzene rings is 2. The number of carboxylic acids is 1. The Morgan fingerprint density at radius 3 is 2.44 bits per heavy atom. The normalized spacial score (nSPS) is 18.8. The number of carbonyl (C=O) groups is 1. The number of aromatic carboxylic acids is 1. The molecule has 1 saturated carbocycles. The first-order valence-electron chi connectivity index (χ1n) is 15.1. The van der Waals surface area contributed by atoms with E-state index in [1.807, 2.05) is 6.07 Å². The second-order valence-corrected chi connectivity index (χ2v) is 11.9. The van der Waals surface area contributed by atoms with E-state index >= 15 is 0 Å². The van der Waals surface area contributed by atoms with E-state index in [2.05, 4.69) is 51.6 Å². The zero-order valence-corrected chi connectivity index (χ0v) is 23.0. The fraction of sp³-hybridized carbons (Fsp3) is 0.559. The standard InChI is InChI=1S/C33H43N3O2.CH4/c1-2-8-24-15-17-34(18-16-24)19-20-35-21-22-36-30-23-26(33(37)38)13-14-27(30)31(25-9-4-3-5-10-25)32(36)28-11-6-7-12-29(28)35;/h6-7,11-14,23-25H,2-5,8-10,15-22H2,1H3,(H,37,38);1H4. The largest absolute Gasteiger partial charge is 0.478 e. The molecule has 39 heavy (non-hydrogen) atoms. The molecule has 0 unspecified atom stereocenters. The van der Waals surface area contributed by atoms with Crippen molar-refractivity contribution in [1.29, 1.82) is 0 Å². The first kappa shape index (κ1) is 27.8. The molecule has 210 valence electrons. The maximum atomic E-state index is 11.9. The Balaban J connectivity index is 0.00000308. The van der Waals surface area contributed by atoms with Crippen molar-refractivity contribution in [3.63, 3.8) is 0 Å². The van der Waals surface area contributed by atoms with Crippen molar-refractivity contribution < 1.29 is 9.90 Å². The van der Waals surface area contributed by atoms with Gasteiger partial charge in [0.15, 0.2) is 0 Å². The molecule has 0 spiro atoms. The lowest BCUT2D eigenvalue weighted by Crippen LogP contribution is -2.40. The average Bonchev–Trinajstić information content (AvgIpc) is 3.18. The Morgan fingerprint density at radius 2 is 1.69 bits per heavy atom. The number of likely N-dealkylation sites (tertiary alicyclic amines) is 1. The third-order valence-electron chi connectivity index (χ3n) is 9.55. The van der Waals surface area contributed by atoms with Gasteiger partial charge in [0, 0.05) is 48.3 Å². The number of hydrogen-bond donors (Lipinski definition) is 1. The maximum absolute atomic E-state index is 11.9. The number of hydrogen-bond acceptors (Lipinski definition) is 3. The van der Waals surface area contributed by atoms with Gasteiger partial charge in [-0.3, -0.25) is 0 Å². The second-order valence-electron chi connectivity index (χ2n) is 11.9. The highest BCUT2D eigenvalue weighted by Crippen LogP contribution is 2.47. The Morgan fingerprint density at radius 1 is 0.923 bits per heavy atom. The van der Waals surface area contributed by atoms with Crippen LogP contribution in [0.25, 0.3) is 22.2 Å². The molecule has 3 aromatic rings. The van der Waals surface area contributed by atoms with Gasteiger partial charge in [0.25, 0.3) is 0 Å². The van der Waals surface area contributed by atoms with Crippen molar-refractivity contribution >= 4 is 22.6 Å². The smallest absolute Gasteiger partial charge is 0.335 e. The zero-order valence-electron chi connectivity index (χ0n) is 23.0. The van der Waals surface area contributed by atoms with Crippen LogP contribution in [0.3, 0.4) is 0 Å². The summed E-state index contributed by atoms with van der Waals surface area (Å²) in [5.74, 6) is 0.616. The molecule has 0 atom stereocenters. The van der Waals surface area contributed by atoms with Gasteiger partial charge in [-0.1, -0.05) is 70.7 Å². The van der Waals surface area contributed by atoms with Crippen LogP contribution in [0.2, 0.25) is 0 Å². The Bertz CT molecular complexity index is 1280. The third-order valence-corrected chi connectivity index (χ3v) is 9.55.